The number of hydrogen-bond acceptors (Lipinski definition) is 5. The number of carbonyl (C=O) groups excluding carboxylic acids is 3. The van der Waals surface area contributed by atoms with Gasteiger partial charge in [0.2, 0.25) is 11.8 Å². The van der Waals surface area contributed by atoms with E-state index in [1.54, 1.807) is 19.1 Å². The van der Waals surface area contributed by atoms with Gasteiger partial charge in [0, 0.05) is 30.5 Å². The lowest BCUT2D eigenvalue weighted by Gasteiger charge is -2.29. The Bertz CT molecular complexity index is 1220. The molecule has 0 unspecified atom stereocenters. The normalized spacial score (nSPS) is 15.1. The van der Waals surface area contributed by atoms with Crippen molar-refractivity contribution < 1.29 is 22.8 Å². The molecule has 0 aliphatic carbocycles. The van der Waals surface area contributed by atoms with E-state index in [1.165, 1.54) is 17.0 Å². The highest BCUT2D eigenvalue weighted by Crippen LogP contribution is 2.30. The summed E-state index contributed by atoms with van der Waals surface area (Å²) < 4.78 is 27.2. The highest BCUT2D eigenvalue weighted by atomic mass is 79.9. The van der Waals surface area contributed by atoms with Crippen LogP contribution in [0.2, 0.25) is 0 Å². The molecule has 1 atom stereocenters. The maximum Gasteiger partial charge on any atom is 0.269 e. The average molecular weight is 565 g/mol. The molecule has 0 radical (unpaired) electrons. The highest BCUT2D eigenvalue weighted by molar-refractivity contribution is 9.10. The first-order chi connectivity index (χ1) is 16.5. The van der Waals surface area contributed by atoms with Gasteiger partial charge in [0.1, 0.15) is 10.9 Å². The van der Waals surface area contributed by atoms with Crippen LogP contribution in [0.4, 0.5) is 0 Å². The third kappa shape index (κ3) is 6.29. The smallest absolute Gasteiger partial charge is 0.269 e. The second-order valence-electron chi connectivity index (χ2n) is 8.95. The Kier molecular flexibility index (Phi) is 8.71. The summed E-state index contributed by atoms with van der Waals surface area (Å²) in [6.07, 6.45) is 0.137. The Morgan fingerprint density at radius 1 is 1.09 bits per heavy atom. The molecule has 1 heterocycles. The van der Waals surface area contributed by atoms with E-state index in [9.17, 15) is 22.8 Å². The fourth-order valence-corrected chi connectivity index (χ4v) is 5.89. The van der Waals surface area contributed by atoms with Crippen LogP contribution in [0, 0.1) is 5.92 Å². The molecular formula is C25H30BrN3O5S. The molecule has 0 fully saturated rings. The maximum absolute atomic E-state index is 13.2. The van der Waals surface area contributed by atoms with Gasteiger partial charge in [0.05, 0.1) is 5.56 Å². The van der Waals surface area contributed by atoms with Gasteiger partial charge in [-0.05, 0) is 49.1 Å². The van der Waals surface area contributed by atoms with Crippen LogP contribution < -0.4 is 5.32 Å². The first-order valence-corrected chi connectivity index (χ1v) is 13.7. The summed E-state index contributed by atoms with van der Waals surface area (Å²) in [7, 11) is -3.92. The van der Waals surface area contributed by atoms with Gasteiger partial charge in [0.15, 0.2) is 0 Å². The van der Waals surface area contributed by atoms with Crippen molar-refractivity contribution in [3.8, 4) is 0 Å². The fraction of sp³-hybridized carbons (Fsp3) is 0.400. The summed E-state index contributed by atoms with van der Waals surface area (Å²) in [4.78, 5) is 40.1. The quantitative estimate of drug-likeness (QED) is 0.476. The van der Waals surface area contributed by atoms with Crippen molar-refractivity contribution in [3.05, 3.63) is 64.1 Å². The largest absolute Gasteiger partial charge is 0.354 e. The van der Waals surface area contributed by atoms with Crippen LogP contribution in [-0.4, -0.2) is 54.5 Å². The van der Waals surface area contributed by atoms with Gasteiger partial charge in [-0.1, -0.05) is 54.0 Å². The van der Waals surface area contributed by atoms with Gasteiger partial charge in [-0.25, -0.2) is 12.7 Å². The molecule has 1 N–H and O–H groups in total. The molecule has 2 aromatic carbocycles. The van der Waals surface area contributed by atoms with Gasteiger partial charge in [-0.2, -0.15) is 0 Å². The van der Waals surface area contributed by atoms with E-state index >= 15 is 0 Å². The lowest BCUT2D eigenvalue weighted by molar-refractivity contribution is -0.140. The molecule has 1 aliphatic heterocycles. The molecule has 0 saturated heterocycles. The fourth-order valence-electron chi connectivity index (χ4n) is 3.84. The number of fused-ring (bicyclic) bond motifs is 1. The molecule has 3 amide bonds. The van der Waals surface area contributed by atoms with Gasteiger partial charge in [-0.3, -0.25) is 14.4 Å². The Hall–Kier alpha value is -2.72. The number of sulfonamides is 1. The standard InChI is InChI=1S/C25H30BrN3O5S/c1-17(2)15-27-24(31)18(3)28(16-19-8-6-9-20(26)14-19)23(30)12-7-13-29-25(32)21-10-4-5-11-22(21)35(29,33)34/h4-6,8-11,14,17-18H,7,12-13,15-16H2,1-3H3,(H,27,31)/t18-/m1/s1. The number of amides is 3. The van der Waals surface area contributed by atoms with Crippen molar-refractivity contribution in [2.75, 3.05) is 13.1 Å². The Morgan fingerprint density at radius 3 is 2.46 bits per heavy atom. The molecule has 1 aliphatic rings. The van der Waals surface area contributed by atoms with Gasteiger partial charge < -0.3 is 10.2 Å². The second kappa shape index (κ2) is 11.3. The van der Waals surface area contributed by atoms with E-state index in [0.29, 0.717) is 6.54 Å². The number of hydrogen-bond donors (Lipinski definition) is 1. The van der Waals surface area contributed by atoms with Crippen molar-refractivity contribution in [1.29, 1.82) is 0 Å². The molecule has 2 aromatic rings. The average Bonchev–Trinajstić information content (AvgIpc) is 3.01. The number of rotatable bonds is 10. The summed E-state index contributed by atoms with van der Waals surface area (Å²) in [6, 6.07) is 12.8. The monoisotopic (exact) mass is 563 g/mol. The van der Waals surface area contributed by atoms with Crippen LogP contribution in [0.5, 0.6) is 0 Å². The number of carbonyl (C=O) groups is 3. The van der Waals surface area contributed by atoms with E-state index in [4.69, 9.17) is 0 Å². The van der Waals surface area contributed by atoms with Crippen molar-refractivity contribution in [2.45, 2.75) is 51.1 Å². The van der Waals surface area contributed by atoms with Crippen molar-refractivity contribution in [3.63, 3.8) is 0 Å². The Balaban J connectivity index is 1.70. The summed E-state index contributed by atoms with van der Waals surface area (Å²) >= 11 is 3.43. The minimum absolute atomic E-state index is 0.00848. The van der Waals surface area contributed by atoms with Gasteiger partial charge in [0.25, 0.3) is 15.9 Å². The number of nitrogens with zero attached hydrogens (tertiary/aromatic N) is 2. The zero-order valence-electron chi connectivity index (χ0n) is 20.0. The first-order valence-electron chi connectivity index (χ1n) is 11.5. The van der Waals surface area contributed by atoms with Crippen LogP contribution in [0.25, 0.3) is 0 Å². The predicted octanol–water partition coefficient (Wildman–Crippen LogP) is 3.56. The Morgan fingerprint density at radius 2 is 1.80 bits per heavy atom. The summed E-state index contributed by atoms with van der Waals surface area (Å²) in [5.41, 5.74) is 0.995. The second-order valence-corrected chi connectivity index (χ2v) is 11.7. The Labute approximate surface area is 214 Å². The summed E-state index contributed by atoms with van der Waals surface area (Å²) in [5.74, 6) is -0.863. The topological polar surface area (TPSA) is 104 Å². The zero-order valence-corrected chi connectivity index (χ0v) is 22.4. The molecule has 0 bridgehead atoms. The summed E-state index contributed by atoms with van der Waals surface area (Å²) in [6.45, 7) is 6.26. The lowest BCUT2D eigenvalue weighted by atomic mass is 10.1. The zero-order chi connectivity index (χ0) is 25.8. The number of halogens is 1. The maximum atomic E-state index is 13.2. The van der Waals surface area contributed by atoms with E-state index < -0.39 is 22.0 Å². The van der Waals surface area contributed by atoms with Crippen LogP contribution in [0.3, 0.4) is 0 Å². The first kappa shape index (κ1) is 26.9. The van der Waals surface area contributed by atoms with Crippen molar-refractivity contribution >= 4 is 43.7 Å². The van der Waals surface area contributed by atoms with E-state index in [2.05, 4.69) is 21.2 Å². The van der Waals surface area contributed by atoms with Gasteiger partial charge >= 0.3 is 0 Å². The van der Waals surface area contributed by atoms with E-state index in [-0.39, 0.29) is 54.1 Å². The van der Waals surface area contributed by atoms with E-state index in [1.807, 2.05) is 38.1 Å². The number of benzene rings is 2. The molecule has 188 valence electrons. The molecule has 0 spiro atoms. The molecule has 0 saturated carbocycles. The predicted molar refractivity (Wildman–Crippen MR) is 136 cm³/mol. The molecule has 10 heteroatoms. The molecule has 3 rings (SSSR count). The number of nitrogens with one attached hydrogen (secondary N) is 1. The SMILES string of the molecule is CC(C)CNC(=O)[C@@H](C)N(Cc1cccc(Br)c1)C(=O)CCCN1C(=O)c2ccccc2S1(=O)=O. The van der Waals surface area contributed by atoms with Crippen LogP contribution in [-0.2, 0) is 26.2 Å². The minimum Gasteiger partial charge on any atom is -0.354 e. The van der Waals surface area contributed by atoms with E-state index in [0.717, 1.165) is 14.3 Å². The van der Waals surface area contributed by atoms with Crippen LogP contribution in [0.1, 0.15) is 49.5 Å². The minimum atomic E-state index is -3.92. The third-order valence-electron chi connectivity index (χ3n) is 5.76. The van der Waals surface area contributed by atoms with Crippen molar-refractivity contribution in [1.82, 2.24) is 14.5 Å². The lowest BCUT2D eigenvalue weighted by Crippen LogP contribution is -2.48. The third-order valence-corrected chi connectivity index (χ3v) is 8.09. The molecular weight excluding hydrogens is 534 g/mol. The van der Waals surface area contributed by atoms with Crippen LogP contribution >= 0.6 is 15.9 Å². The highest BCUT2D eigenvalue weighted by Gasteiger charge is 2.40. The van der Waals surface area contributed by atoms with Gasteiger partial charge in [-0.15, -0.1) is 0 Å². The molecule has 35 heavy (non-hydrogen) atoms. The van der Waals surface area contributed by atoms with Crippen molar-refractivity contribution in [2.24, 2.45) is 5.92 Å². The molecule has 0 aromatic heterocycles. The van der Waals surface area contributed by atoms with Crippen LogP contribution in [0.15, 0.2) is 57.9 Å². The molecule has 8 nitrogen and oxygen atoms in total. The summed E-state index contributed by atoms with van der Waals surface area (Å²) in [5, 5.41) is 2.87.